The van der Waals surface area contributed by atoms with Crippen LogP contribution in [0.25, 0.3) is 22.2 Å². The van der Waals surface area contributed by atoms with Gasteiger partial charge < -0.3 is 10.1 Å². The zero-order chi connectivity index (χ0) is 11.8. The average molecular weight is 224 g/mol. The summed E-state index contributed by atoms with van der Waals surface area (Å²) in [6.45, 7) is 1.80. The summed E-state index contributed by atoms with van der Waals surface area (Å²) in [7, 11) is 0. The summed E-state index contributed by atoms with van der Waals surface area (Å²) in [4.78, 5) is 7.15. The Morgan fingerprint density at radius 3 is 2.53 bits per heavy atom. The lowest BCUT2D eigenvalue weighted by Crippen LogP contribution is -1.81. The molecule has 17 heavy (non-hydrogen) atoms. The van der Waals surface area contributed by atoms with E-state index in [1.165, 1.54) is 10.8 Å². The van der Waals surface area contributed by atoms with Crippen molar-refractivity contribution in [2.24, 2.45) is 0 Å². The van der Waals surface area contributed by atoms with Gasteiger partial charge in [0.2, 0.25) is 5.88 Å². The summed E-state index contributed by atoms with van der Waals surface area (Å²) >= 11 is 0. The maximum atomic E-state index is 9.47. The molecule has 2 aromatic carbocycles. The van der Waals surface area contributed by atoms with Crippen LogP contribution in [-0.4, -0.2) is 15.1 Å². The van der Waals surface area contributed by atoms with Crippen LogP contribution < -0.4 is 0 Å². The highest BCUT2D eigenvalue weighted by Crippen LogP contribution is 2.24. The van der Waals surface area contributed by atoms with Crippen LogP contribution >= 0.6 is 0 Å². The second-order valence-corrected chi connectivity index (χ2v) is 4.10. The summed E-state index contributed by atoms with van der Waals surface area (Å²) in [5.74, 6) is 0.763. The van der Waals surface area contributed by atoms with Crippen LogP contribution in [0, 0.1) is 6.92 Å². The molecule has 3 nitrogen and oxygen atoms in total. The van der Waals surface area contributed by atoms with E-state index in [1.807, 2.05) is 18.2 Å². The number of aryl methyl sites for hydroxylation is 1. The van der Waals surface area contributed by atoms with Crippen LogP contribution in [0.2, 0.25) is 0 Å². The largest absolute Gasteiger partial charge is 0.492 e. The molecule has 2 N–H and O–H groups in total. The normalized spacial score (nSPS) is 10.9. The summed E-state index contributed by atoms with van der Waals surface area (Å²) < 4.78 is 0. The maximum Gasteiger partial charge on any atom is 0.232 e. The molecule has 0 saturated carbocycles. The number of hydrogen-bond acceptors (Lipinski definition) is 2. The van der Waals surface area contributed by atoms with E-state index in [0.717, 1.165) is 5.56 Å². The fourth-order valence-electron chi connectivity index (χ4n) is 1.92. The molecule has 0 spiro atoms. The van der Waals surface area contributed by atoms with Crippen molar-refractivity contribution in [3.63, 3.8) is 0 Å². The minimum absolute atomic E-state index is 0.0631. The van der Waals surface area contributed by atoms with E-state index in [0.29, 0.717) is 11.5 Å². The molecule has 3 heteroatoms. The zero-order valence-electron chi connectivity index (χ0n) is 9.44. The molecule has 0 amide bonds. The van der Waals surface area contributed by atoms with E-state index < -0.39 is 0 Å². The molecule has 0 aliphatic carbocycles. The monoisotopic (exact) mass is 224 g/mol. The molecule has 1 aromatic heterocycles. The third-order valence-corrected chi connectivity index (χ3v) is 2.88. The van der Waals surface area contributed by atoms with Gasteiger partial charge in [0.25, 0.3) is 0 Å². The van der Waals surface area contributed by atoms with Gasteiger partial charge in [-0.15, -0.1) is 0 Å². The lowest BCUT2D eigenvalue weighted by atomic mass is 10.1. The van der Waals surface area contributed by atoms with Gasteiger partial charge in [-0.1, -0.05) is 36.4 Å². The average Bonchev–Trinajstić information content (AvgIpc) is 2.69. The minimum atomic E-state index is 0.0631. The van der Waals surface area contributed by atoms with E-state index in [1.54, 1.807) is 6.92 Å². The van der Waals surface area contributed by atoms with Gasteiger partial charge in [0.15, 0.2) is 0 Å². The highest BCUT2D eigenvalue weighted by molar-refractivity contribution is 5.86. The Bertz CT molecular complexity index is 666. The summed E-state index contributed by atoms with van der Waals surface area (Å²) in [5, 5.41) is 11.8. The molecule has 0 aliphatic heterocycles. The first kappa shape index (κ1) is 9.90. The lowest BCUT2D eigenvalue weighted by Gasteiger charge is -2.00. The van der Waals surface area contributed by atoms with Gasteiger partial charge in [-0.2, -0.15) is 4.98 Å². The van der Waals surface area contributed by atoms with Crippen molar-refractivity contribution >= 4 is 10.8 Å². The Balaban J connectivity index is 2.17. The molecule has 84 valence electrons. The smallest absolute Gasteiger partial charge is 0.232 e. The predicted octanol–water partition coefficient (Wildman–Crippen LogP) is 3.24. The van der Waals surface area contributed by atoms with E-state index in [4.69, 9.17) is 0 Å². The Kier molecular flexibility index (Phi) is 2.11. The first-order valence-corrected chi connectivity index (χ1v) is 5.49. The van der Waals surface area contributed by atoms with Crippen molar-refractivity contribution < 1.29 is 5.11 Å². The molecule has 3 rings (SSSR count). The molecule has 0 fully saturated rings. The Morgan fingerprint density at radius 2 is 1.82 bits per heavy atom. The second kappa shape index (κ2) is 3.63. The molecule has 0 atom stereocenters. The number of fused-ring (bicyclic) bond motifs is 1. The van der Waals surface area contributed by atoms with Crippen LogP contribution in [0.4, 0.5) is 0 Å². The number of hydrogen-bond donors (Lipinski definition) is 2. The van der Waals surface area contributed by atoms with Crippen molar-refractivity contribution in [1.29, 1.82) is 0 Å². The Morgan fingerprint density at radius 1 is 1.06 bits per heavy atom. The quantitative estimate of drug-likeness (QED) is 0.666. The number of aromatic hydroxyl groups is 1. The minimum Gasteiger partial charge on any atom is -0.492 e. The highest BCUT2D eigenvalue weighted by atomic mass is 16.3. The van der Waals surface area contributed by atoms with Gasteiger partial charge in [0.05, 0.1) is 5.69 Å². The van der Waals surface area contributed by atoms with E-state index >= 15 is 0 Å². The van der Waals surface area contributed by atoms with E-state index in [9.17, 15) is 5.11 Å². The number of rotatable bonds is 1. The molecular weight excluding hydrogens is 212 g/mol. The number of nitrogens with one attached hydrogen (secondary N) is 1. The molecule has 3 aromatic rings. The standard InChI is InChI=1S/C14H12N2O/c1-9-14(17)16-13(15-9)12-7-6-10-4-2-3-5-11(10)8-12/h2-8,17H,1H3,(H,15,16). The Labute approximate surface area is 98.8 Å². The number of imidazole rings is 1. The topological polar surface area (TPSA) is 48.9 Å². The maximum absolute atomic E-state index is 9.47. The van der Waals surface area contributed by atoms with Crippen LogP contribution in [0.3, 0.4) is 0 Å². The van der Waals surface area contributed by atoms with Gasteiger partial charge >= 0.3 is 0 Å². The first-order chi connectivity index (χ1) is 8.24. The molecule has 0 saturated heterocycles. The predicted molar refractivity (Wildman–Crippen MR) is 67.9 cm³/mol. The Hall–Kier alpha value is -2.29. The molecule has 0 radical (unpaired) electrons. The number of benzene rings is 2. The van der Waals surface area contributed by atoms with Crippen LogP contribution in [-0.2, 0) is 0 Å². The molecule has 0 aliphatic rings. The first-order valence-electron chi connectivity index (χ1n) is 5.49. The van der Waals surface area contributed by atoms with Gasteiger partial charge in [-0.25, -0.2) is 0 Å². The van der Waals surface area contributed by atoms with E-state index in [2.05, 4.69) is 34.2 Å². The van der Waals surface area contributed by atoms with Crippen LogP contribution in [0.5, 0.6) is 5.88 Å². The zero-order valence-corrected chi connectivity index (χ0v) is 9.44. The van der Waals surface area contributed by atoms with Crippen molar-refractivity contribution in [2.75, 3.05) is 0 Å². The fraction of sp³-hybridized carbons (Fsp3) is 0.0714. The van der Waals surface area contributed by atoms with Crippen LogP contribution in [0.15, 0.2) is 42.5 Å². The number of aromatic amines is 1. The van der Waals surface area contributed by atoms with Crippen molar-refractivity contribution in [2.45, 2.75) is 6.92 Å². The van der Waals surface area contributed by atoms with Gasteiger partial charge in [0.1, 0.15) is 5.82 Å². The molecule has 0 bridgehead atoms. The highest BCUT2D eigenvalue weighted by Gasteiger charge is 2.07. The summed E-state index contributed by atoms with van der Waals surface area (Å²) in [5.41, 5.74) is 1.67. The van der Waals surface area contributed by atoms with Crippen molar-refractivity contribution in [1.82, 2.24) is 9.97 Å². The third-order valence-electron chi connectivity index (χ3n) is 2.88. The summed E-state index contributed by atoms with van der Waals surface area (Å²) in [6, 6.07) is 14.3. The van der Waals surface area contributed by atoms with Gasteiger partial charge in [-0.3, -0.25) is 0 Å². The molecular formula is C14H12N2O. The number of H-pyrrole nitrogens is 1. The van der Waals surface area contributed by atoms with Crippen molar-refractivity contribution in [3.8, 4) is 17.3 Å². The number of nitrogens with zero attached hydrogens (tertiary/aromatic N) is 1. The number of aromatic nitrogens is 2. The van der Waals surface area contributed by atoms with Crippen molar-refractivity contribution in [3.05, 3.63) is 48.2 Å². The SMILES string of the molecule is Cc1[nH]c(-c2ccc3ccccc3c2)nc1O. The summed E-state index contributed by atoms with van der Waals surface area (Å²) in [6.07, 6.45) is 0. The van der Waals surface area contributed by atoms with E-state index in [-0.39, 0.29) is 5.88 Å². The van der Waals surface area contributed by atoms with Gasteiger partial charge in [0, 0.05) is 5.56 Å². The van der Waals surface area contributed by atoms with Crippen LogP contribution in [0.1, 0.15) is 5.69 Å². The third kappa shape index (κ3) is 1.65. The lowest BCUT2D eigenvalue weighted by molar-refractivity contribution is 0.452. The fourth-order valence-corrected chi connectivity index (χ4v) is 1.92. The molecule has 0 unspecified atom stereocenters. The molecule has 1 heterocycles. The second-order valence-electron chi connectivity index (χ2n) is 4.10. The van der Waals surface area contributed by atoms with Gasteiger partial charge in [-0.05, 0) is 23.8 Å².